The zero-order valence-electron chi connectivity index (χ0n) is 10.2. The number of rotatable bonds is 2. The van der Waals surface area contributed by atoms with Crippen molar-refractivity contribution in [2.75, 3.05) is 5.32 Å². The Hall–Kier alpha value is -2.20. The molecule has 3 rings (SSSR count). The van der Waals surface area contributed by atoms with Gasteiger partial charge in [-0.05, 0) is 47.5 Å². The van der Waals surface area contributed by atoms with Gasteiger partial charge in [0.2, 0.25) is 0 Å². The van der Waals surface area contributed by atoms with Crippen LogP contribution in [0.3, 0.4) is 0 Å². The Morgan fingerprint density at radius 2 is 1.79 bits per heavy atom. The fraction of sp³-hybridized carbons (Fsp3) is 0.133. The van der Waals surface area contributed by atoms with Crippen molar-refractivity contribution in [2.24, 2.45) is 0 Å². The topological polar surface area (TPSA) is 41.1 Å². The van der Waals surface area contributed by atoms with Crippen molar-refractivity contribution in [3.05, 3.63) is 65.0 Å². The normalized spacial score (nSPS) is 13.1. The number of hydrogen-bond acceptors (Lipinski definition) is 2. The Morgan fingerprint density at radius 3 is 2.58 bits per heavy atom. The van der Waals surface area contributed by atoms with Gasteiger partial charge in [-0.25, -0.2) is 4.39 Å². The number of carbonyl (C=O) groups excluding carboxylic acids is 1. The van der Waals surface area contributed by atoms with Gasteiger partial charge in [-0.3, -0.25) is 4.79 Å². The third kappa shape index (κ3) is 2.48. The van der Waals surface area contributed by atoms with Crippen molar-refractivity contribution in [1.82, 2.24) is 5.32 Å². The number of nitrogens with one attached hydrogen (secondary N) is 2. The van der Waals surface area contributed by atoms with Gasteiger partial charge in [0.25, 0.3) is 5.91 Å². The summed E-state index contributed by atoms with van der Waals surface area (Å²) in [4.78, 5) is 12.1. The second-order valence-electron chi connectivity index (χ2n) is 4.55. The lowest BCUT2D eigenvalue weighted by Crippen LogP contribution is -2.12. The highest BCUT2D eigenvalue weighted by molar-refractivity contribution is 6.04. The summed E-state index contributed by atoms with van der Waals surface area (Å²) in [5, 5.41) is 5.99. The molecule has 0 atom stereocenters. The van der Waals surface area contributed by atoms with Gasteiger partial charge < -0.3 is 10.6 Å². The van der Waals surface area contributed by atoms with Gasteiger partial charge in [0.15, 0.2) is 0 Å². The van der Waals surface area contributed by atoms with Gasteiger partial charge in [0.1, 0.15) is 5.82 Å². The molecule has 0 saturated heterocycles. The van der Waals surface area contributed by atoms with E-state index >= 15 is 0 Å². The van der Waals surface area contributed by atoms with Gasteiger partial charge in [0, 0.05) is 24.3 Å². The molecule has 2 aromatic rings. The predicted octanol–water partition coefficient (Wildman–Crippen LogP) is 2.68. The molecule has 1 amide bonds. The molecule has 0 aliphatic carbocycles. The lowest BCUT2D eigenvalue weighted by atomic mass is 10.1. The summed E-state index contributed by atoms with van der Waals surface area (Å²) in [5.41, 5.74) is 3.60. The Labute approximate surface area is 110 Å². The Bertz CT molecular complexity index is 623. The molecule has 0 saturated carbocycles. The third-order valence-electron chi connectivity index (χ3n) is 3.20. The van der Waals surface area contributed by atoms with Crippen molar-refractivity contribution in [3.8, 4) is 0 Å². The molecule has 0 aromatic heterocycles. The molecule has 19 heavy (non-hydrogen) atoms. The molecular formula is C15H13FN2O. The fourth-order valence-corrected chi connectivity index (χ4v) is 2.17. The van der Waals surface area contributed by atoms with Crippen molar-refractivity contribution < 1.29 is 9.18 Å². The predicted molar refractivity (Wildman–Crippen MR) is 71.3 cm³/mol. The quantitative estimate of drug-likeness (QED) is 0.867. The summed E-state index contributed by atoms with van der Waals surface area (Å²) in [5.74, 6) is -0.497. The van der Waals surface area contributed by atoms with E-state index in [0.29, 0.717) is 11.3 Å². The van der Waals surface area contributed by atoms with Crippen LogP contribution in [0.25, 0.3) is 0 Å². The number of amides is 1. The SMILES string of the molecule is O=C(Nc1ccc(F)cc1)c1ccc2c(c1)CNC2. The summed E-state index contributed by atoms with van der Waals surface area (Å²) in [6.45, 7) is 1.65. The molecule has 0 unspecified atom stereocenters. The van der Waals surface area contributed by atoms with Crippen molar-refractivity contribution in [3.63, 3.8) is 0 Å². The maximum absolute atomic E-state index is 12.8. The molecule has 2 aromatic carbocycles. The molecule has 1 heterocycles. The molecule has 2 N–H and O–H groups in total. The van der Waals surface area contributed by atoms with Crippen LogP contribution in [0, 0.1) is 5.82 Å². The standard InChI is InChI=1S/C15H13FN2O/c16-13-3-5-14(6-4-13)18-15(19)10-1-2-11-8-17-9-12(11)7-10/h1-7,17H,8-9H2,(H,18,19). The summed E-state index contributed by atoms with van der Waals surface area (Å²) in [6, 6.07) is 11.4. The number of halogens is 1. The molecule has 3 nitrogen and oxygen atoms in total. The number of benzene rings is 2. The van der Waals surface area contributed by atoms with Gasteiger partial charge in [-0.2, -0.15) is 0 Å². The number of carbonyl (C=O) groups is 1. The lowest BCUT2D eigenvalue weighted by molar-refractivity contribution is 0.102. The molecule has 1 aliphatic heterocycles. The molecule has 0 spiro atoms. The van der Waals surface area contributed by atoms with Crippen LogP contribution < -0.4 is 10.6 Å². The largest absolute Gasteiger partial charge is 0.322 e. The van der Waals surface area contributed by atoms with Crippen LogP contribution in [0.2, 0.25) is 0 Å². The van der Waals surface area contributed by atoms with E-state index in [9.17, 15) is 9.18 Å². The van der Waals surface area contributed by atoms with Crippen LogP contribution in [0.1, 0.15) is 21.5 Å². The zero-order valence-corrected chi connectivity index (χ0v) is 10.2. The summed E-state index contributed by atoms with van der Waals surface area (Å²) < 4.78 is 12.8. The van der Waals surface area contributed by atoms with Gasteiger partial charge in [-0.1, -0.05) is 6.07 Å². The van der Waals surface area contributed by atoms with Crippen LogP contribution >= 0.6 is 0 Å². The molecule has 0 radical (unpaired) electrons. The minimum atomic E-state index is -0.318. The van der Waals surface area contributed by atoms with Crippen LogP contribution in [0.15, 0.2) is 42.5 Å². The summed E-state index contributed by atoms with van der Waals surface area (Å²) >= 11 is 0. The average molecular weight is 256 g/mol. The fourth-order valence-electron chi connectivity index (χ4n) is 2.17. The highest BCUT2D eigenvalue weighted by Crippen LogP contribution is 2.18. The average Bonchev–Trinajstić information content (AvgIpc) is 2.88. The van der Waals surface area contributed by atoms with Crippen LogP contribution in [-0.2, 0) is 13.1 Å². The molecule has 96 valence electrons. The monoisotopic (exact) mass is 256 g/mol. The number of anilines is 1. The molecule has 0 fully saturated rings. The summed E-state index contributed by atoms with van der Waals surface area (Å²) in [6.07, 6.45) is 0. The maximum Gasteiger partial charge on any atom is 0.255 e. The second kappa shape index (κ2) is 4.82. The first-order chi connectivity index (χ1) is 9.22. The summed E-state index contributed by atoms with van der Waals surface area (Å²) in [7, 11) is 0. The minimum Gasteiger partial charge on any atom is -0.322 e. The maximum atomic E-state index is 12.8. The van der Waals surface area contributed by atoms with E-state index in [2.05, 4.69) is 10.6 Å². The van der Waals surface area contributed by atoms with Gasteiger partial charge in [-0.15, -0.1) is 0 Å². The Kier molecular flexibility index (Phi) is 3.01. The molecule has 0 bridgehead atoms. The zero-order chi connectivity index (χ0) is 13.2. The van der Waals surface area contributed by atoms with E-state index in [1.165, 1.54) is 17.7 Å². The van der Waals surface area contributed by atoms with Crippen LogP contribution in [0.4, 0.5) is 10.1 Å². The van der Waals surface area contributed by atoms with E-state index in [1.807, 2.05) is 18.2 Å². The smallest absolute Gasteiger partial charge is 0.255 e. The van der Waals surface area contributed by atoms with E-state index in [0.717, 1.165) is 18.7 Å². The van der Waals surface area contributed by atoms with E-state index < -0.39 is 0 Å². The number of hydrogen-bond donors (Lipinski definition) is 2. The van der Waals surface area contributed by atoms with Gasteiger partial charge in [0.05, 0.1) is 0 Å². The Morgan fingerprint density at radius 1 is 1.05 bits per heavy atom. The van der Waals surface area contributed by atoms with Gasteiger partial charge >= 0.3 is 0 Å². The van der Waals surface area contributed by atoms with Crippen LogP contribution in [0.5, 0.6) is 0 Å². The first-order valence-corrected chi connectivity index (χ1v) is 6.12. The molecule has 1 aliphatic rings. The first-order valence-electron chi connectivity index (χ1n) is 6.12. The van der Waals surface area contributed by atoms with Crippen molar-refractivity contribution in [2.45, 2.75) is 13.1 Å². The first kappa shape index (κ1) is 11.9. The highest BCUT2D eigenvalue weighted by Gasteiger charge is 2.13. The second-order valence-corrected chi connectivity index (χ2v) is 4.55. The number of fused-ring (bicyclic) bond motifs is 1. The van der Waals surface area contributed by atoms with Crippen molar-refractivity contribution in [1.29, 1.82) is 0 Å². The van der Waals surface area contributed by atoms with E-state index in [1.54, 1.807) is 12.1 Å². The van der Waals surface area contributed by atoms with Crippen molar-refractivity contribution >= 4 is 11.6 Å². The van der Waals surface area contributed by atoms with E-state index in [-0.39, 0.29) is 11.7 Å². The molecular weight excluding hydrogens is 243 g/mol. The van der Waals surface area contributed by atoms with Crippen LogP contribution in [-0.4, -0.2) is 5.91 Å². The third-order valence-corrected chi connectivity index (χ3v) is 3.20. The van der Waals surface area contributed by atoms with E-state index in [4.69, 9.17) is 0 Å². The Balaban J connectivity index is 1.78. The lowest BCUT2D eigenvalue weighted by Gasteiger charge is -2.06. The highest BCUT2D eigenvalue weighted by atomic mass is 19.1. The minimum absolute atomic E-state index is 0.179. The molecule has 4 heteroatoms.